The van der Waals surface area contributed by atoms with Crippen molar-refractivity contribution in [3.8, 4) is 0 Å². The number of ether oxygens (including phenoxy) is 1. The quantitative estimate of drug-likeness (QED) is 0.483. The molecule has 0 spiro atoms. The van der Waals surface area contributed by atoms with Gasteiger partial charge in [-0.1, -0.05) is 0 Å². The molecular weight excluding hydrogens is 303 g/mol. The van der Waals surface area contributed by atoms with E-state index in [-0.39, 0.29) is 25.2 Å². The maximum atomic E-state index is 12.5. The third-order valence-electron chi connectivity index (χ3n) is 4.00. The molecule has 3 rings (SSSR count). The second-order valence-corrected chi connectivity index (χ2v) is 8.16. The van der Waals surface area contributed by atoms with Gasteiger partial charge in [0.15, 0.2) is 0 Å². The van der Waals surface area contributed by atoms with E-state index in [1.807, 2.05) is 13.0 Å². The number of hydrogen-bond donors (Lipinski definition) is 0. The zero-order valence-corrected chi connectivity index (χ0v) is 12.8. The van der Waals surface area contributed by atoms with E-state index in [9.17, 15) is 4.79 Å². The fourth-order valence-corrected chi connectivity index (χ4v) is 6.26. The van der Waals surface area contributed by atoms with E-state index in [1.165, 1.54) is 4.46 Å². The summed E-state index contributed by atoms with van der Waals surface area (Å²) in [7, 11) is 0. The van der Waals surface area contributed by atoms with E-state index in [2.05, 4.69) is 36.4 Å². The van der Waals surface area contributed by atoms with Crippen molar-refractivity contribution in [3.63, 3.8) is 0 Å². The number of allylic oxidation sites excluding steroid dienone is 2. The summed E-state index contributed by atoms with van der Waals surface area (Å²) in [4.78, 5) is 12.5. The van der Waals surface area contributed by atoms with E-state index in [0.717, 1.165) is 12.8 Å². The van der Waals surface area contributed by atoms with Gasteiger partial charge >= 0.3 is 120 Å². The van der Waals surface area contributed by atoms with Gasteiger partial charge in [-0.15, -0.1) is 0 Å². The van der Waals surface area contributed by atoms with E-state index >= 15 is 0 Å². The van der Waals surface area contributed by atoms with Crippen LogP contribution in [-0.4, -0.2) is 27.5 Å². The van der Waals surface area contributed by atoms with Crippen LogP contribution in [0.3, 0.4) is 0 Å². The topological polar surface area (TPSA) is 26.3 Å². The SMILES string of the molecule is CCOC(=O)C1([Se]c2ccccc2)C[C@H]2C=C[C@@H]1C2. The molecule has 0 radical (unpaired) electrons. The maximum absolute atomic E-state index is 12.5. The summed E-state index contributed by atoms with van der Waals surface area (Å²) in [5.74, 6) is 0.993. The van der Waals surface area contributed by atoms with Gasteiger partial charge in [-0.3, -0.25) is 0 Å². The second-order valence-electron chi connectivity index (χ2n) is 5.22. The molecular formula is C16H18O2Se. The fourth-order valence-electron chi connectivity index (χ4n) is 3.16. The molecule has 0 N–H and O–H groups in total. The van der Waals surface area contributed by atoms with Gasteiger partial charge in [0, 0.05) is 0 Å². The molecule has 0 aromatic heterocycles. The summed E-state index contributed by atoms with van der Waals surface area (Å²) >= 11 is 0.144. The number of fused-ring (bicyclic) bond motifs is 2. The van der Waals surface area contributed by atoms with Crippen LogP contribution < -0.4 is 4.46 Å². The Morgan fingerprint density at radius 2 is 2.16 bits per heavy atom. The van der Waals surface area contributed by atoms with Crippen molar-refractivity contribution >= 4 is 25.4 Å². The second kappa shape index (κ2) is 5.14. The van der Waals surface area contributed by atoms with Crippen LogP contribution >= 0.6 is 0 Å². The molecule has 1 saturated carbocycles. The molecule has 1 fully saturated rings. The molecule has 1 aromatic rings. The van der Waals surface area contributed by atoms with Gasteiger partial charge in [-0.25, -0.2) is 0 Å². The van der Waals surface area contributed by atoms with Crippen molar-refractivity contribution in [2.24, 2.45) is 11.8 Å². The number of carbonyl (C=O) groups excluding carboxylic acids is 1. The van der Waals surface area contributed by atoms with Crippen LogP contribution in [0.25, 0.3) is 0 Å². The molecule has 0 aliphatic heterocycles. The van der Waals surface area contributed by atoms with Crippen LogP contribution in [0.4, 0.5) is 0 Å². The Hall–Kier alpha value is -1.05. The predicted molar refractivity (Wildman–Crippen MR) is 76.5 cm³/mol. The number of carbonyl (C=O) groups is 1. The number of esters is 1. The Bertz CT molecular complexity index is 497. The van der Waals surface area contributed by atoms with E-state index in [4.69, 9.17) is 4.74 Å². The van der Waals surface area contributed by atoms with Gasteiger partial charge < -0.3 is 0 Å². The van der Waals surface area contributed by atoms with Crippen LogP contribution in [0.2, 0.25) is 4.31 Å². The standard InChI is InChI=1S/C16H18O2Se/c1-2-18-15(17)16(11-12-8-9-13(16)10-12)19-14-6-4-3-5-7-14/h3-9,12-13H,2,10-11H2,1H3/t12-,13+,16?/m0/s1. The molecule has 1 unspecified atom stereocenters. The molecule has 100 valence electrons. The van der Waals surface area contributed by atoms with Crippen molar-refractivity contribution in [1.29, 1.82) is 0 Å². The molecule has 2 aliphatic rings. The zero-order chi connectivity index (χ0) is 13.3. The first-order chi connectivity index (χ1) is 9.24. The first-order valence-electron chi connectivity index (χ1n) is 6.84. The first kappa shape index (κ1) is 13.0. The third-order valence-corrected chi connectivity index (χ3v) is 7.17. The zero-order valence-electron chi connectivity index (χ0n) is 11.0. The molecule has 3 atom stereocenters. The molecule has 0 amide bonds. The van der Waals surface area contributed by atoms with Crippen LogP contribution in [0.5, 0.6) is 0 Å². The number of benzene rings is 1. The van der Waals surface area contributed by atoms with Crippen molar-refractivity contribution in [3.05, 3.63) is 42.5 Å². The van der Waals surface area contributed by atoms with Gasteiger partial charge in [0.2, 0.25) is 0 Å². The summed E-state index contributed by atoms with van der Waals surface area (Å²) in [5.41, 5.74) is 0. The van der Waals surface area contributed by atoms with Crippen LogP contribution in [0, 0.1) is 11.8 Å². The molecule has 2 nitrogen and oxygen atoms in total. The summed E-state index contributed by atoms with van der Waals surface area (Å²) in [6, 6.07) is 10.4. The van der Waals surface area contributed by atoms with Crippen LogP contribution in [-0.2, 0) is 9.53 Å². The van der Waals surface area contributed by atoms with Crippen molar-refractivity contribution in [1.82, 2.24) is 0 Å². The number of rotatable bonds is 4. The Kier molecular flexibility index (Phi) is 3.51. The number of hydrogen-bond acceptors (Lipinski definition) is 2. The molecule has 2 bridgehead atoms. The molecule has 3 heteroatoms. The molecule has 0 saturated heterocycles. The summed E-state index contributed by atoms with van der Waals surface area (Å²) in [6.07, 6.45) is 6.63. The van der Waals surface area contributed by atoms with Gasteiger partial charge in [-0.2, -0.15) is 0 Å². The average Bonchev–Trinajstić information content (AvgIpc) is 3.01. The Morgan fingerprint density at radius 1 is 1.37 bits per heavy atom. The van der Waals surface area contributed by atoms with Crippen molar-refractivity contribution < 1.29 is 9.53 Å². The van der Waals surface area contributed by atoms with E-state index < -0.39 is 0 Å². The summed E-state index contributed by atoms with van der Waals surface area (Å²) in [5, 5.41) is 0. The average molecular weight is 321 g/mol. The minimum absolute atomic E-state index is 0.0238. The van der Waals surface area contributed by atoms with Gasteiger partial charge in [0.1, 0.15) is 0 Å². The monoisotopic (exact) mass is 322 g/mol. The Morgan fingerprint density at radius 3 is 2.74 bits per heavy atom. The molecule has 0 heterocycles. The Balaban J connectivity index is 1.90. The molecule has 19 heavy (non-hydrogen) atoms. The van der Waals surface area contributed by atoms with Crippen LogP contribution in [0.1, 0.15) is 19.8 Å². The molecule has 2 aliphatic carbocycles. The van der Waals surface area contributed by atoms with E-state index in [1.54, 1.807) is 0 Å². The fraction of sp³-hybridized carbons (Fsp3) is 0.438. The normalized spacial score (nSPS) is 31.6. The van der Waals surface area contributed by atoms with Crippen molar-refractivity contribution in [2.75, 3.05) is 6.61 Å². The summed E-state index contributed by atoms with van der Waals surface area (Å²) < 4.78 is 6.43. The Labute approximate surface area is 120 Å². The minimum atomic E-state index is -0.260. The predicted octanol–water partition coefficient (Wildman–Crippen LogP) is 2.33. The van der Waals surface area contributed by atoms with Crippen LogP contribution in [0.15, 0.2) is 42.5 Å². The first-order valence-corrected chi connectivity index (χ1v) is 8.55. The van der Waals surface area contributed by atoms with Gasteiger partial charge in [0.05, 0.1) is 0 Å². The van der Waals surface area contributed by atoms with Gasteiger partial charge in [0.25, 0.3) is 0 Å². The molecule has 1 aromatic carbocycles. The summed E-state index contributed by atoms with van der Waals surface area (Å²) in [6.45, 7) is 2.37. The third kappa shape index (κ3) is 2.26. The van der Waals surface area contributed by atoms with Gasteiger partial charge in [-0.05, 0) is 0 Å². The van der Waals surface area contributed by atoms with Crippen molar-refractivity contribution in [2.45, 2.75) is 24.1 Å². The van der Waals surface area contributed by atoms with E-state index in [0.29, 0.717) is 18.4 Å².